The van der Waals surface area contributed by atoms with Crippen molar-refractivity contribution < 1.29 is 18.8 Å². The van der Waals surface area contributed by atoms with Crippen molar-refractivity contribution in [2.75, 3.05) is 25.2 Å². The van der Waals surface area contributed by atoms with Crippen LogP contribution in [0.2, 0.25) is 0 Å². The number of anilines is 1. The van der Waals surface area contributed by atoms with E-state index in [1.165, 1.54) is 11.5 Å². The monoisotopic (exact) mass is 416 g/mol. The molecular weight excluding hydrogens is 392 g/mol. The zero-order valence-corrected chi connectivity index (χ0v) is 17.3. The van der Waals surface area contributed by atoms with Gasteiger partial charge in [0.1, 0.15) is 17.3 Å². The Hall–Kier alpha value is -2.91. The van der Waals surface area contributed by atoms with Gasteiger partial charge >= 0.3 is 0 Å². The summed E-state index contributed by atoms with van der Waals surface area (Å²) in [5, 5.41) is 0.739. The molecule has 9 heteroatoms. The molecule has 3 aromatic rings. The number of aromatic nitrogens is 2. The molecule has 1 aromatic carbocycles. The summed E-state index contributed by atoms with van der Waals surface area (Å²) >= 11 is 1.31. The number of hydrogen-bond donors (Lipinski definition) is 1. The molecule has 29 heavy (non-hydrogen) atoms. The van der Waals surface area contributed by atoms with Crippen LogP contribution in [0.4, 0.5) is 5.13 Å². The van der Waals surface area contributed by atoms with Crippen LogP contribution in [0.3, 0.4) is 0 Å². The zero-order valence-electron chi connectivity index (χ0n) is 16.5. The SMILES string of the molecule is CCONC(=O)CCN(Cc1ccco1)c1nc(Cc2cccc(OC)c2)ns1. The van der Waals surface area contributed by atoms with Gasteiger partial charge in [-0.25, -0.2) is 10.5 Å². The van der Waals surface area contributed by atoms with E-state index < -0.39 is 0 Å². The van der Waals surface area contributed by atoms with Crippen molar-refractivity contribution in [3.8, 4) is 5.75 Å². The number of carbonyl (C=O) groups is 1. The third kappa shape index (κ3) is 6.30. The molecule has 3 rings (SSSR count). The van der Waals surface area contributed by atoms with Gasteiger partial charge in [0.25, 0.3) is 0 Å². The van der Waals surface area contributed by atoms with E-state index in [-0.39, 0.29) is 12.3 Å². The second kappa shape index (κ2) is 10.6. The summed E-state index contributed by atoms with van der Waals surface area (Å²) in [7, 11) is 1.65. The summed E-state index contributed by atoms with van der Waals surface area (Å²) in [6.45, 7) is 3.20. The standard InChI is InChI=1S/C20H24N4O4S/c1-3-28-22-19(25)9-10-24(14-17-8-5-11-27-17)20-21-18(23-29-20)13-15-6-4-7-16(12-15)26-2/h4-8,11-12H,3,9-10,13-14H2,1-2H3,(H,22,25). The number of benzene rings is 1. The second-order valence-corrected chi connectivity index (χ2v) is 6.96. The number of hydroxylamine groups is 1. The molecule has 0 bridgehead atoms. The molecule has 0 unspecified atom stereocenters. The fourth-order valence-electron chi connectivity index (χ4n) is 2.68. The lowest BCUT2D eigenvalue weighted by atomic mass is 10.1. The Labute approximate surface area is 173 Å². The average Bonchev–Trinajstić information content (AvgIpc) is 3.41. The van der Waals surface area contributed by atoms with Crippen LogP contribution in [0.15, 0.2) is 47.1 Å². The Bertz CT molecular complexity index is 898. The molecule has 0 atom stereocenters. The summed E-state index contributed by atoms with van der Waals surface area (Å²) in [6, 6.07) is 11.6. The Kier molecular flexibility index (Phi) is 7.60. The quantitative estimate of drug-likeness (QED) is 0.480. The smallest absolute Gasteiger partial charge is 0.245 e. The Balaban J connectivity index is 1.68. The van der Waals surface area contributed by atoms with Crippen LogP contribution in [0, 0.1) is 0 Å². The van der Waals surface area contributed by atoms with Crippen molar-refractivity contribution in [2.24, 2.45) is 0 Å². The van der Waals surface area contributed by atoms with Gasteiger partial charge in [-0.15, -0.1) is 0 Å². The predicted octanol–water partition coefficient (Wildman–Crippen LogP) is 3.19. The Morgan fingerprint density at radius 3 is 2.97 bits per heavy atom. The number of nitrogens with zero attached hydrogens (tertiary/aromatic N) is 3. The molecule has 0 aliphatic carbocycles. The third-order valence-electron chi connectivity index (χ3n) is 4.09. The van der Waals surface area contributed by atoms with Crippen molar-refractivity contribution in [3.05, 3.63) is 59.8 Å². The zero-order chi connectivity index (χ0) is 20.5. The largest absolute Gasteiger partial charge is 0.497 e. The topological polar surface area (TPSA) is 89.7 Å². The minimum atomic E-state index is -0.183. The molecule has 1 amide bonds. The third-order valence-corrected chi connectivity index (χ3v) is 4.91. The number of furan rings is 1. The van der Waals surface area contributed by atoms with Gasteiger partial charge in [-0.2, -0.15) is 4.37 Å². The Morgan fingerprint density at radius 2 is 2.21 bits per heavy atom. The van der Waals surface area contributed by atoms with Gasteiger partial charge in [0.15, 0.2) is 0 Å². The molecule has 1 N–H and O–H groups in total. The summed E-state index contributed by atoms with van der Waals surface area (Å²) in [4.78, 5) is 23.5. The number of hydrogen-bond acceptors (Lipinski definition) is 8. The highest BCUT2D eigenvalue weighted by atomic mass is 32.1. The summed E-state index contributed by atoms with van der Waals surface area (Å²) < 4.78 is 15.2. The van der Waals surface area contributed by atoms with Gasteiger partial charge in [0.2, 0.25) is 11.0 Å². The van der Waals surface area contributed by atoms with E-state index in [1.807, 2.05) is 48.2 Å². The minimum absolute atomic E-state index is 0.183. The van der Waals surface area contributed by atoms with Crippen molar-refractivity contribution in [1.82, 2.24) is 14.8 Å². The highest BCUT2D eigenvalue weighted by Crippen LogP contribution is 2.22. The molecule has 0 radical (unpaired) electrons. The lowest BCUT2D eigenvalue weighted by molar-refractivity contribution is -0.132. The van der Waals surface area contributed by atoms with Crippen LogP contribution in [0.25, 0.3) is 0 Å². The van der Waals surface area contributed by atoms with Crippen molar-refractivity contribution >= 4 is 22.6 Å². The molecule has 154 valence electrons. The van der Waals surface area contributed by atoms with Crippen LogP contribution in [0.1, 0.15) is 30.5 Å². The molecule has 2 aromatic heterocycles. The molecule has 0 saturated carbocycles. The lowest BCUT2D eigenvalue weighted by Crippen LogP contribution is -2.30. The molecule has 8 nitrogen and oxygen atoms in total. The van der Waals surface area contributed by atoms with Crippen molar-refractivity contribution in [2.45, 2.75) is 26.3 Å². The second-order valence-electron chi connectivity index (χ2n) is 6.23. The van der Waals surface area contributed by atoms with Gasteiger partial charge in [0, 0.05) is 30.9 Å². The molecule has 2 heterocycles. The highest BCUT2D eigenvalue weighted by molar-refractivity contribution is 7.09. The predicted molar refractivity (Wildman–Crippen MR) is 110 cm³/mol. The first-order valence-electron chi connectivity index (χ1n) is 9.31. The van der Waals surface area contributed by atoms with E-state index in [1.54, 1.807) is 13.4 Å². The number of methoxy groups -OCH3 is 1. The van der Waals surface area contributed by atoms with E-state index in [0.717, 1.165) is 28.0 Å². The molecular formula is C20H24N4O4S. The van der Waals surface area contributed by atoms with Crippen LogP contribution in [-0.4, -0.2) is 35.5 Å². The minimum Gasteiger partial charge on any atom is -0.497 e. The first-order chi connectivity index (χ1) is 14.2. The lowest BCUT2D eigenvalue weighted by Gasteiger charge is -2.19. The van der Waals surface area contributed by atoms with E-state index in [9.17, 15) is 4.79 Å². The number of ether oxygens (including phenoxy) is 1. The molecule has 0 fully saturated rings. The first kappa shape index (κ1) is 20.8. The summed E-state index contributed by atoms with van der Waals surface area (Å²) in [5.41, 5.74) is 3.48. The summed E-state index contributed by atoms with van der Waals surface area (Å²) in [6.07, 6.45) is 2.50. The summed E-state index contributed by atoms with van der Waals surface area (Å²) in [5.74, 6) is 2.14. The number of amides is 1. The number of rotatable bonds is 11. The fourth-order valence-corrected chi connectivity index (χ4v) is 3.39. The van der Waals surface area contributed by atoms with Gasteiger partial charge in [-0.05, 0) is 36.8 Å². The molecule has 0 aliphatic heterocycles. The van der Waals surface area contributed by atoms with Gasteiger partial charge in [0.05, 0.1) is 26.5 Å². The van der Waals surface area contributed by atoms with Gasteiger partial charge in [-0.1, -0.05) is 12.1 Å². The van der Waals surface area contributed by atoms with Gasteiger partial charge < -0.3 is 14.1 Å². The van der Waals surface area contributed by atoms with Crippen molar-refractivity contribution in [3.63, 3.8) is 0 Å². The van der Waals surface area contributed by atoms with E-state index in [4.69, 9.17) is 14.0 Å². The normalized spacial score (nSPS) is 10.7. The Morgan fingerprint density at radius 1 is 1.31 bits per heavy atom. The number of carbonyl (C=O) groups excluding carboxylic acids is 1. The van der Waals surface area contributed by atoms with E-state index >= 15 is 0 Å². The van der Waals surface area contributed by atoms with Crippen LogP contribution in [0.5, 0.6) is 5.75 Å². The maximum Gasteiger partial charge on any atom is 0.245 e. The van der Waals surface area contributed by atoms with E-state index in [0.29, 0.717) is 26.1 Å². The highest BCUT2D eigenvalue weighted by Gasteiger charge is 2.16. The van der Waals surface area contributed by atoms with Crippen molar-refractivity contribution in [1.29, 1.82) is 0 Å². The van der Waals surface area contributed by atoms with Crippen LogP contribution < -0.4 is 15.1 Å². The van der Waals surface area contributed by atoms with E-state index in [2.05, 4.69) is 14.8 Å². The van der Waals surface area contributed by atoms with Gasteiger partial charge in [-0.3, -0.25) is 9.63 Å². The van der Waals surface area contributed by atoms with Crippen LogP contribution in [-0.2, 0) is 22.6 Å². The first-order valence-corrected chi connectivity index (χ1v) is 10.1. The maximum absolute atomic E-state index is 11.9. The molecule has 0 saturated heterocycles. The maximum atomic E-state index is 11.9. The fraction of sp³-hybridized carbons (Fsp3) is 0.350. The van der Waals surface area contributed by atoms with Crippen LogP contribution >= 0.6 is 11.5 Å². The molecule has 0 spiro atoms. The number of nitrogens with one attached hydrogen (secondary N) is 1. The average molecular weight is 417 g/mol. The molecule has 0 aliphatic rings.